The largest absolute Gasteiger partial charge is 0.462 e. The maximum absolute atomic E-state index is 12.5. The SMILES string of the molecule is CCOC(=O)/C(C#N)=c1\s/c(=C/Nc2cccc([N+](=O)[O-])c2)c(=O)n1CC. The highest BCUT2D eigenvalue weighted by atomic mass is 32.1. The Morgan fingerprint density at radius 3 is 2.81 bits per heavy atom. The number of benzene rings is 1. The van der Waals surface area contributed by atoms with E-state index >= 15 is 0 Å². The Labute approximate surface area is 157 Å². The predicted molar refractivity (Wildman–Crippen MR) is 100 cm³/mol. The number of nitriles is 1. The molecule has 0 spiro atoms. The van der Waals surface area contributed by atoms with Gasteiger partial charge in [0.05, 0.1) is 11.5 Å². The van der Waals surface area contributed by atoms with Crippen LogP contribution in [0.3, 0.4) is 0 Å². The van der Waals surface area contributed by atoms with E-state index in [1.807, 2.05) is 0 Å². The van der Waals surface area contributed by atoms with Crippen molar-refractivity contribution in [2.24, 2.45) is 0 Å². The van der Waals surface area contributed by atoms with Gasteiger partial charge in [-0.15, -0.1) is 11.3 Å². The van der Waals surface area contributed by atoms with Crippen LogP contribution in [0.1, 0.15) is 13.8 Å². The number of hydrogen-bond acceptors (Lipinski definition) is 8. The topological polar surface area (TPSA) is 127 Å². The molecule has 1 N–H and O–H groups in total. The molecule has 1 aromatic carbocycles. The summed E-state index contributed by atoms with van der Waals surface area (Å²) >= 11 is 0.965. The molecule has 10 heteroatoms. The van der Waals surface area contributed by atoms with Gasteiger partial charge < -0.3 is 10.1 Å². The van der Waals surface area contributed by atoms with Crippen LogP contribution in [0.15, 0.2) is 29.1 Å². The third-order valence-electron chi connectivity index (χ3n) is 3.46. The Bertz CT molecular complexity index is 1090. The molecule has 0 aliphatic heterocycles. The van der Waals surface area contributed by atoms with Crippen molar-refractivity contribution in [1.29, 1.82) is 5.26 Å². The van der Waals surface area contributed by atoms with Crippen molar-refractivity contribution in [3.8, 4) is 6.07 Å². The number of nitrogens with one attached hydrogen (secondary N) is 1. The van der Waals surface area contributed by atoms with Gasteiger partial charge in [0.25, 0.3) is 11.2 Å². The molecular formula is C17H16N4O5S. The Hall–Kier alpha value is -3.45. The van der Waals surface area contributed by atoms with Crippen molar-refractivity contribution < 1.29 is 14.5 Å². The summed E-state index contributed by atoms with van der Waals surface area (Å²) in [5, 5.41) is 23.0. The van der Waals surface area contributed by atoms with Gasteiger partial charge in [-0.3, -0.25) is 19.5 Å². The van der Waals surface area contributed by atoms with E-state index < -0.39 is 10.9 Å². The van der Waals surface area contributed by atoms with Gasteiger partial charge in [-0.25, -0.2) is 4.79 Å². The number of aromatic nitrogens is 1. The van der Waals surface area contributed by atoms with E-state index in [1.54, 1.807) is 26.0 Å². The molecule has 0 aliphatic rings. The molecular weight excluding hydrogens is 372 g/mol. The Kier molecular flexibility index (Phi) is 6.46. The second kappa shape index (κ2) is 8.77. The first-order valence-corrected chi connectivity index (χ1v) is 8.76. The first-order chi connectivity index (χ1) is 12.9. The van der Waals surface area contributed by atoms with Crippen molar-refractivity contribution in [3.63, 3.8) is 0 Å². The van der Waals surface area contributed by atoms with E-state index in [2.05, 4.69) is 5.32 Å². The summed E-state index contributed by atoms with van der Waals surface area (Å²) in [6.45, 7) is 3.71. The summed E-state index contributed by atoms with van der Waals surface area (Å²) in [5.41, 5.74) is -0.284. The molecule has 2 rings (SSSR count). The molecule has 1 aromatic heterocycles. The van der Waals surface area contributed by atoms with Gasteiger partial charge in [0.2, 0.25) is 0 Å². The third-order valence-corrected chi connectivity index (χ3v) is 4.59. The third kappa shape index (κ3) is 4.39. The van der Waals surface area contributed by atoms with Crippen LogP contribution >= 0.6 is 11.3 Å². The van der Waals surface area contributed by atoms with Crippen molar-refractivity contribution >= 4 is 40.5 Å². The van der Waals surface area contributed by atoms with Crippen LogP contribution < -0.4 is 20.1 Å². The molecule has 0 fully saturated rings. The van der Waals surface area contributed by atoms with E-state index in [9.17, 15) is 25.0 Å². The lowest BCUT2D eigenvalue weighted by atomic mass is 10.3. The Morgan fingerprint density at radius 1 is 1.48 bits per heavy atom. The van der Waals surface area contributed by atoms with E-state index in [4.69, 9.17) is 4.74 Å². The Morgan fingerprint density at radius 2 is 2.22 bits per heavy atom. The van der Waals surface area contributed by atoms with Crippen LogP contribution in [0, 0.1) is 21.4 Å². The van der Waals surface area contributed by atoms with E-state index in [0.29, 0.717) is 5.69 Å². The average Bonchev–Trinajstić information content (AvgIpc) is 2.96. The molecule has 27 heavy (non-hydrogen) atoms. The van der Waals surface area contributed by atoms with Crippen molar-refractivity contribution in [2.75, 3.05) is 11.9 Å². The summed E-state index contributed by atoms with van der Waals surface area (Å²) in [7, 11) is 0. The number of carbonyl (C=O) groups is 1. The zero-order valence-electron chi connectivity index (χ0n) is 14.6. The predicted octanol–water partition coefficient (Wildman–Crippen LogP) is 0.925. The minimum absolute atomic E-state index is 0.0892. The fourth-order valence-electron chi connectivity index (χ4n) is 2.23. The quantitative estimate of drug-likeness (QED) is 0.443. The molecule has 0 saturated carbocycles. The summed E-state index contributed by atoms with van der Waals surface area (Å²) < 4.78 is 6.62. The van der Waals surface area contributed by atoms with Crippen molar-refractivity contribution in [2.45, 2.75) is 20.4 Å². The molecule has 0 radical (unpaired) electrons. The number of nitro groups is 1. The maximum atomic E-state index is 12.5. The number of rotatable bonds is 6. The van der Waals surface area contributed by atoms with Crippen LogP contribution in [-0.4, -0.2) is 22.1 Å². The highest BCUT2D eigenvalue weighted by Crippen LogP contribution is 2.16. The molecule has 140 valence electrons. The highest BCUT2D eigenvalue weighted by Gasteiger charge is 2.16. The maximum Gasteiger partial charge on any atom is 0.351 e. The fourth-order valence-corrected chi connectivity index (χ4v) is 3.31. The van der Waals surface area contributed by atoms with Gasteiger partial charge >= 0.3 is 5.97 Å². The fraction of sp³-hybridized carbons (Fsp3) is 0.235. The number of carbonyl (C=O) groups excluding carboxylic acids is 1. The molecule has 1 heterocycles. The monoisotopic (exact) mass is 388 g/mol. The van der Waals surface area contributed by atoms with Gasteiger partial charge in [-0.2, -0.15) is 5.26 Å². The van der Waals surface area contributed by atoms with E-state index in [1.165, 1.54) is 29.0 Å². The minimum atomic E-state index is -0.790. The zero-order valence-corrected chi connectivity index (χ0v) is 15.4. The van der Waals surface area contributed by atoms with E-state index in [0.717, 1.165) is 11.3 Å². The van der Waals surface area contributed by atoms with Crippen molar-refractivity contribution in [1.82, 2.24) is 4.57 Å². The summed E-state index contributed by atoms with van der Waals surface area (Å²) in [4.78, 5) is 34.8. The summed E-state index contributed by atoms with van der Waals surface area (Å²) in [6, 6.07) is 7.60. The smallest absolute Gasteiger partial charge is 0.351 e. The molecule has 0 aliphatic carbocycles. The number of esters is 1. The molecule has 0 unspecified atom stereocenters. The first-order valence-electron chi connectivity index (χ1n) is 7.95. The van der Waals surface area contributed by atoms with Gasteiger partial charge in [0.15, 0.2) is 5.57 Å². The highest BCUT2D eigenvalue weighted by molar-refractivity contribution is 7.07. The lowest BCUT2D eigenvalue weighted by Crippen LogP contribution is -2.32. The zero-order chi connectivity index (χ0) is 20.0. The van der Waals surface area contributed by atoms with Crippen molar-refractivity contribution in [3.05, 3.63) is 53.9 Å². The molecule has 9 nitrogen and oxygen atoms in total. The molecule has 0 saturated heterocycles. The molecule has 0 atom stereocenters. The van der Waals surface area contributed by atoms with Gasteiger partial charge in [-0.05, 0) is 19.9 Å². The second-order valence-corrected chi connectivity index (χ2v) is 6.15. The second-order valence-electron chi connectivity index (χ2n) is 5.12. The van der Waals surface area contributed by atoms with Gasteiger partial charge in [0.1, 0.15) is 15.3 Å². The van der Waals surface area contributed by atoms with Gasteiger partial charge in [-0.1, -0.05) is 6.07 Å². The standard InChI is InChI=1S/C17H16N4O5S/c1-3-20-15(22)14(27-16(20)13(9-18)17(23)26-4-2)10-19-11-6-5-7-12(8-11)21(24)25/h5-8,10,19H,3-4H2,1-2H3/b14-10+,16-13-. The number of thiazole rings is 1. The summed E-state index contributed by atoms with van der Waals surface area (Å²) in [5.74, 6) is -0.790. The van der Waals surface area contributed by atoms with E-state index in [-0.39, 0.29) is 39.2 Å². The molecule has 0 amide bonds. The number of hydrogen-bond donors (Lipinski definition) is 1. The normalized spacial score (nSPS) is 12.3. The minimum Gasteiger partial charge on any atom is -0.462 e. The van der Waals surface area contributed by atoms with Gasteiger partial charge in [0, 0.05) is 30.6 Å². The Balaban J connectivity index is 2.55. The molecule has 2 aromatic rings. The molecule has 0 bridgehead atoms. The number of nitrogens with zero attached hydrogens (tertiary/aromatic N) is 3. The number of anilines is 1. The van der Waals surface area contributed by atoms with Crippen LogP contribution in [0.5, 0.6) is 0 Å². The van der Waals surface area contributed by atoms with Crippen LogP contribution in [-0.2, 0) is 16.1 Å². The number of nitro benzene ring substituents is 1. The lowest BCUT2D eigenvalue weighted by Gasteiger charge is -2.00. The van der Waals surface area contributed by atoms with Crippen LogP contribution in [0.2, 0.25) is 0 Å². The van der Waals surface area contributed by atoms with Crippen LogP contribution in [0.4, 0.5) is 11.4 Å². The average molecular weight is 388 g/mol. The first kappa shape index (κ1) is 19.9. The van der Waals surface area contributed by atoms with Crippen LogP contribution in [0.25, 0.3) is 11.8 Å². The number of non-ortho nitro benzene ring substituents is 1. The summed E-state index contributed by atoms with van der Waals surface area (Å²) in [6.07, 6.45) is 1.39. The lowest BCUT2D eigenvalue weighted by molar-refractivity contribution is -0.384. The number of ether oxygens (including phenoxy) is 1.